The predicted octanol–water partition coefficient (Wildman–Crippen LogP) is 4.99. The highest BCUT2D eigenvalue weighted by molar-refractivity contribution is 5.81. The molecule has 1 fully saturated rings. The van der Waals surface area contributed by atoms with Crippen LogP contribution in [0.1, 0.15) is 84.5 Å². The van der Waals surface area contributed by atoms with Crippen molar-refractivity contribution in [1.82, 2.24) is 30.4 Å². The first-order chi connectivity index (χ1) is 19.6. The Balaban J connectivity index is 1.09. The highest BCUT2D eigenvalue weighted by atomic mass is 16.1. The minimum Gasteiger partial charge on any atom is -0.299 e. The first-order valence-electron chi connectivity index (χ1n) is 14.1. The van der Waals surface area contributed by atoms with Crippen molar-refractivity contribution < 1.29 is 9.59 Å². The van der Waals surface area contributed by atoms with Gasteiger partial charge in [-0.2, -0.15) is 20.4 Å². The lowest BCUT2D eigenvalue weighted by atomic mass is 9.78. The van der Waals surface area contributed by atoms with Crippen molar-refractivity contribution in [2.45, 2.75) is 76.0 Å². The molecule has 2 atom stereocenters. The first kappa shape index (κ1) is 27.4. The van der Waals surface area contributed by atoms with Crippen molar-refractivity contribution in [3.8, 4) is 0 Å². The van der Waals surface area contributed by atoms with Crippen LogP contribution in [0.4, 0.5) is 0 Å². The molecular formula is C32H34N6O2. The molecule has 40 heavy (non-hydrogen) atoms. The second-order valence-electron chi connectivity index (χ2n) is 10.5. The fourth-order valence-electron chi connectivity index (χ4n) is 5.29. The first-order valence-corrected chi connectivity index (χ1v) is 14.1. The maximum absolute atomic E-state index is 12.3. The van der Waals surface area contributed by atoms with Gasteiger partial charge < -0.3 is 0 Å². The van der Waals surface area contributed by atoms with E-state index < -0.39 is 0 Å². The van der Waals surface area contributed by atoms with Gasteiger partial charge in [0.1, 0.15) is 11.6 Å². The zero-order chi connectivity index (χ0) is 27.6. The van der Waals surface area contributed by atoms with Crippen LogP contribution in [-0.4, -0.2) is 41.9 Å². The van der Waals surface area contributed by atoms with Crippen molar-refractivity contribution in [2.24, 2.45) is 0 Å². The molecular weight excluding hydrogens is 500 g/mol. The minimum absolute atomic E-state index is 0.155. The van der Waals surface area contributed by atoms with Crippen LogP contribution in [-0.2, 0) is 35.3 Å². The van der Waals surface area contributed by atoms with E-state index in [4.69, 9.17) is 0 Å². The molecule has 8 nitrogen and oxygen atoms in total. The van der Waals surface area contributed by atoms with E-state index >= 15 is 0 Å². The average Bonchev–Trinajstić information content (AvgIpc) is 3.01. The Kier molecular flexibility index (Phi) is 9.40. The summed E-state index contributed by atoms with van der Waals surface area (Å²) in [6.45, 7) is 0. The van der Waals surface area contributed by atoms with E-state index in [-0.39, 0.29) is 11.6 Å². The molecule has 0 spiro atoms. The number of Topliss-reactive ketones (excluding diaryl/α,β-unsaturated/α-hetero) is 2. The molecule has 0 radical (unpaired) electrons. The van der Waals surface area contributed by atoms with Crippen LogP contribution < -0.4 is 0 Å². The van der Waals surface area contributed by atoms with E-state index in [0.29, 0.717) is 50.4 Å². The molecule has 1 aliphatic carbocycles. The third-order valence-corrected chi connectivity index (χ3v) is 7.52. The lowest BCUT2D eigenvalue weighted by Crippen LogP contribution is -2.16. The van der Waals surface area contributed by atoms with Gasteiger partial charge in [0, 0.05) is 61.3 Å². The van der Waals surface area contributed by atoms with Crippen molar-refractivity contribution in [1.29, 1.82) is 0 Å². The van der Waals surface area contributed by atoms with Crippen molar-refractivity contribution >= 4 is 11.6 Å². The molecule has 5 rings (SSSR count). The number of nitrogens with zero attached hydrogens (tertiary/aromatic N) is 6. The van der Waals surface area contributed by atoms with Crippen molar-refractivity contribution in [2.75, 3.05) is 0 Å². The summed E-state index contributed by atoms with van der Waals surface area (Å²) >= 11 is 0. The molecule has 204 valence electrons. The summed E-state index contributed by atoms with van der Waals surface area (Å²) in [7, 11) is 0. The molecule has 1 saturated carbocycles. The smallest absolute Gasteiger partial charge is 0.139 e. The standard InChI is InChI=1S/C32H34N6O2/c39-29(21-27-8-1-3-18-33-27)14-10-25-12-16-31(37-35-25)23-6-5-7-24(20-23)32-17-13-26(36-38-32)11-15-30(40)22-28-9-2-4-19-34-28/h1-4,8-9,12-13,16-19,23-24H,5-7,10-11,14-15,20-22H2/t23-,24+. The van der Waals surface area contributed by atoms with Crippen molar-refractivity contribution in [3.63, 3.8) is 0 Å². The fraction of sp³-hybridized carbons (Fsp3) is 0.375. The van der Waals surface area contributed by atoms with E-state index in [1.807, 2.05) is 48.5 Å². The molecule has 0 amide bonds. The Morgan fingerprint density at radius 3 is 1.50 bits per heavy atom. The predicted molar refractivity (Wildman–Crippen MR) is 151 cm³/mol. The summed E-state index contributed by atoms with van der Waals surface area (Å²) in [4.78, 5) is 33.1. The van der Waals surface area contributed by atoms with Gasteiger partial charge in [-0.05, 0) is 80.6 Å². The van der Waals surface area contributed by atoms with E-state index in [0.717, 1.165) is 59.8 Å². The number of pyridine rings is 2. The average molecular weight is 535 g/mol. The summed E-state index contributed by atoms with van der Waals surface area (Å²) < 4.78 is 0. The van der Waals surface area contributed by atoms with E-state index in [2.05, 4.69) is 42.5 Å². The molecule has 4 heterocycles. The Bertz CT molecular complexity index is 1270. The Morgan fingerprint density at radius 1 is 0.600 bits per heavy atom. The molecule has 0 unspecified atom stereocenters. The molecule has 0 N–H and O–H groups in total. The lowest BCUT2D eigenvalue weighted by molar-refractivity contribution is -0.119. The highest BCUT2D eigenvalue weighted by Gasteiger charge is 2.26. The Labute approximate surface area is 234 Å². The topological polar surface area (TPSA) is 111 Å². The number of aryl methyl sites for hydroxylation is 2. The molecule has 0 aromatic carbocycles. The quantitative estimate of drug-likeness (QED) is 0.250. The lowest BCUT2D eigenvalue weighted by Gasteiger charge is -2.28. The fourth-order valence-corrected chi connectivity index (χ4v) is 5.29. The second-order valence-corrected chi connectivity index (χ2v) is 10.5. The zero-order valence-electron chi connectivity index (χ0n) is 22.7. The van der Waals surface area contributed by atoms with Crippen molar-refractivity contribution in [3.05, 3.63) is 107 Å². The van der Waals surface area contributed by atoms with Gasteiger partial charge >= 0.3 is 0 Å². The number of aromatic nitrogens is 6. The van der Waals surface area contributed by atoms with Crippen LogP contribution in [0.15, 0.2) is 73.1 Å². The number of hydrogen-bond acceptors (Lipinski definition) is 8. The van der Waals surface area contributed by atoms with E-state index in [9.17, 15) is 9.59 Å². The maximum Gasteiger partial charge on any atom is 0.139 e. The Hall–Kier alpha value is -4.20. The monoisotopic (exact) mass is 534 g/mol. The summed E-state index contributed by atoms with van der Waals surface area (Å²) in [5.41, 5.74) is 5.28. The van der Waals surface area contributed by atoms with Crippen LogP contribution in [0, 0.1) is 0 Å². The van der Waals surface area contributed by atoms with Gasteiger partial charge in [-0.1, -0.05) is 18.6 Å². The SMILES string of the molecule is O=C(CCc1ccc([C@@H]2CCC[C@H](c3ccc(CCC(=O)Cc4ccccn4)nn3)C2)nn1)Cc1ccccn1. The number of carbonyl (C=O) groups excluding carboxylic acids is 2. The summed E-state index contributed by atoms with van der Waals surface area (Å²) in [5.74, 6) is 0.972. The maximum atomic E-state index is 12.3. The molecule has 4 aromatic rings. The van der Waals surface area contributed by atoms with Gasteiger partial charge in [0.25, 0.3) is 0 Å². The normalized spacial score (nSPS) is 16.9. The molecule has 1 aliphatic rings. The molecule has 4 aromatic heterocycles. The third-order valence-electron chi connectivity index (χ3n) is 7.52. The number of ketones is 2. The Morgan fingerprint density at radius 2 is 1.10 bits per heavy atom. The van der Waals surface area contributed by atoms with Crippen LogP contribution in [0.2, 0.25) is 0 Å². The van der Waals surface area contributed by atoms with Gasteiger partial charge in [-0.3, -0.25) is 19.6 Å². The van der Waals surface area contributed by atoms with Gasteiger partial charge in [0.05, 0.1) is 22.8 Å². The summed E-state index contributed by atoms with van der Waals surface area (Å²) in [6.07, 6.45) is 10.4. The largest absolute Gasteiger partial charge is 0.299 e. The third kappa shape index (κ3) is 7.91. The van der Waals surface area contributed by atoms with Crippen LogP contribution in [0.3, 0.4) is 0 Å². The zero-order valence-corrected chi connectivity index (χ0v) is 22.7. The second kappa shape index (κ2) is 13.7. The molecule has 0 bridgehead atoms. The number of hydrogen-bond donors (Lipinski definition) is 0. The van der Waals surface area contributed by atoms with Crippen LogP contribution in [0.25, 0.3) is 0 Å². The van der Waals surface area contributed by atoms with E-state index in [1.165, 1.54) is 0 Å². The minimum atomic E-state index is 0.155. The van der Waals surface area contributed by atoms with Gasteiger partial charge in [-0.25, -0.2) is 0 Å². The summed E-state index contributed by atoms with van der Waals surface area (Å²) in [5, 5.41) is 17.9. The molecule has 0 aliphatic heterocycles. The highest BCUT2D eigenvalue weighted by Crippen LogP contribution is 2.39. The van der Waals surface area contributed by atoms with E-state index in [1.54, 1.807) is 12.4 Å². The van der Waals surface area contributed by atoms with Gasteiger partial charge in [0.15, 0.2) is 0 Å². The molecule has 0 saturated heterocycles. The molecule has 8 heteroatoms. The van der Waals surface area contributed by atoms with Crippen LogP contribution >= 0.6 is 0 Å². The number of rotatable bonds is 12. The van der Waals surface area contributed by atoms with Gasteiger partial charge in [-0.15, -0.1) is 0 Å². The van der Waals surface area contributed by atoms with Crippen LogP contribution in [0.5, 0.6) is 0 Å². The summed E-state index contributed by atoms with van der Waals surface area (Å²) in [6, 6.07) is 19.4. The number of carbonyl (C=O) groups is 2. The van der Waals surface area contributed by atoms with Gasteiger partial charge in [0.2, 0.25) is 0 Å².